The van der Waals surface area contributed by atoms with Gasteiger partial charge in [0.15, 0.2) is 0 Å². The van der Waals surface area contributed by atoms with Crippen LogP contribution in [-0.4, -0.2) is 43.5 Å². The lowest BCUT2D eigenvalue weighted by Crippen LogP contribution is -2.42. The summed E-state index contributed by atoms with van der Waals surface area (Å²) >= 11 is 0. The summed E-state index contributed by atoms with van der Waals surface area (Å²) in [5.41, 5.74) is 0. The Morgan fingerprint density at radius 1 is 1.50 bits per heavy atom. The number of carbonyl (C=O) groups is 2. The fourth-order valence-corrected chi connectivity index (χ4v) is 1.75. The number of methoxy groups -OCH3 is 1. The van der Waals surface area contributed by atoms with E-state index in [0.29, 0.717) is 13.0 Å². The Bertz CT molecular complexity index is 248. The summed E-state index contributed by atoms with van der Waals surface area (Å²) in [6, 6.07) is -0.0101. The first kappa shape index (κ1) is 15.3. The van der Waals surface area contributed by atoms with Gasteiger partial charge in [-0.25, -0.2) is 0 Å². The van der Waals surface area contributed by atoms with Crippen molar-refractivity contribution >= 4 is 21.3 Å². The van der Waals surface area contributed by atoms with Crippen LogP contribution in [0.2, 0.25) is 0 Å². The van der Waals surface area contributed by atoms with E-state index in [4.69, 9.17) is 0 Å². The van der Waals surface area contributed by atoms with Crippen molar-refractivity contribution in [2.75, 3.05) is 20.7 Å². The molecular formula is C10H21N2O3P. The Labute approximate surface area is 99.2 Å². The molecule has 0 aromatic rings. The van der Waals surface area contributed by atoms with Crippen LogP contribution < -0.4 is 5.09 Å². The number of hydrogen-bond donors (Lipinski definition) is 1. The summed E-state index contributed by atoms with van der Waals surface area (Å²) in [4.78, 5) is 24.2. The first-order valence-electron chi connectivity index (χ1n) is 5.18. The lowest BCUT2D eigenvalue weighted by molar-refractivity contribution is -0.146. The number of amides is 1. The third-order valence-electron chi connectivity index (χ3n) is 2.63. The number of likely N-dealkylation sites (N-methyl/N-ethyl adjacent to an activating group) is 1. The number of carbonyl (C=O) groups excluding carboxylic acids is 2. The molecule has 0 radical (unpaired) electrons. The zero-order valence-corrected chi connectivity index (χ0v) is 11.5. The maximum atomic E-state index is 11.3. The normalized spacial score (nSPS) is 14.1. The predicted molar refractivity (Wildman–Crippen MR) is 65.7 cm³/mol. The summed E-state index contributed by atoms with van der Waals surface area (Å²) in [7, 11) is 5.50. The number of nitrogens with one attached hydrogen (secondary N) is 1. The smallest absolute Gasteiger partial charge is 0.308 e. The van der Waals surface area contributed by atoms with Crippen LogP contribution in [0.15, 0.2) is 0 Å². The van der Waals surface area contributed by atoms with Gasteiger partial charge < -0.3 is 9.64 Å². The Kier molecular flexibility index (Phi) is 7.26. The van der Waals surface area contributed by atoms with E-state index in [-0.39, 0.29) is 23.8 Å². The molecule has 0 aromatic carbocycles. The van der Waals surface area contributed by atoms with Crippen LogP contribution in [0.25, 0.3) is 0 Å². The number of ether oxygens (including phenoxy) is 1. The van der Waals surface area contributed by atoms with Crippen molar-refractivity contribution in [3.05, 3.63) is 0 Å². The molecular weight excluding hydrogens is 227 g/mol. The average molecular weight is 248 g/mol. The molecule has 0 aliphatic rings. The Morgan fingerprint density at radius 3 is 2.44 bits per heavy atom. The van der Waals surface area contributed by atoms with E-state index in [0.717, 1.165) is 0 Å². The van der Waals surface area contributed by atoms with Gasteiger partial charge in [-0.05, 0) is 6.42 Å². The van der Waals surface area contributed by atoms with Crippen LogP contribution in [0.1, 0.15) is 20.3 Å². The highest BCUT2D eigenvalue weighted by atomic mass is 31.0. The fraction of sp³-hybridized carbons (Fsp3) is 0.800. The van der Waals surface area contributed by atoms with Crippen LogP contribution in [0.3, 0.4) is 0 Å². The molecule has 0 aromatic heterocycles. The summed E-state index contributed by atoms with van der Waals surface area (Å²) in [5.74, 6) is -0.469. The third kappa shape index (κ3) is 4.90. The van der Waals surface area contributed by atoms with Crippen molar-refractivity contribution in [3.63, 3.8) is 0 Å². The van der Waals surface area contributed by atoms with Gasteiger partial charge >= 0.3 is 5.97 Å². The molecule has 3 unspecified atom stereocenters. The average Bonchev–Trinajstić information content (AvgIpc) is 2.25. The van der Waals surface area contributed by atoms with Crippen molar-refractivity contribution in [2.45, 2.75) is 26.3 Å². The van der Waals surface area contributed by atoms with Gasteiger partial charge in [-0.3, -0.25) is 14.7 Å². The molecule has 0 heterocycles. The molecule has 0 aliphatic carbocycles. The van der Waals surface area contributed by atoms with E-state index in [1.165, 1.54) is 14.0 Å². The minimum Gasteiger partial charge on any atom is -0.469 e. The number of nitrogens with zero attached hydrogens (tertiary/aromatic N) is 1. The molecule has 0 rings (SSSR count). The first-order chi connectivity index (χ1) is 7.43. The molecule has 1 N–H and O–H groups in total. The lowest BCUT2D eigenvalue weighted by atomic mass is 10.0. The van der Waals surface area contributed by atoms with Crippen molar-refractivity contribution < 1.29 is 14.3 Å². The molecule has 0 saturated carbocycles. The molecule has 0 saturated heterocycles. The molecule has 0 bridgehead atoms. The van der Waals surface area contributed by atoms with Crippen molar-refractivity contribution in [3.8, 4) is 0 Å². The zero-order chi connectivity index (χ0) is 12.7. The highest BCUT2D eigenvalue weighted by Crippen LogP contribution is 2.12. The Morgan fingerprint density at radius 2 is 2.06 bits per heavy atom. The monoisotopic (exact) mass is 248 g/mol. The summed E-state index contributed by atoms with van der Waals surface area (Å²) < 4.78 is 4.66. The van der Waals surface area contributed by atoms with Crippen molar-refractivity contribution in [1.82, 2.24) is 9.99 Å². The van der Waals surface area contributed by atoms with E-state index >= 15 is 0 Å². The molecule has 0 spiro atoms. The largest absolute Gasteiger partial charge is 0.469 e. The van der Waals surface area contributed by atoms with E-state index < -0.39 is 0 Å². The van der Waals surface area contributed by atoms with Gasteiger partial charge in [-0.1, -0.05) is 16.3 Å². The van der Waals surface area contributed by atoms with E-state index in [9.17, 15) is 9.59 Å². The third-order valence-corrected chi connectivity index (χ3v) is 2.86. The minimum absolute atomic E-state index is 0.0101. The summed E-state index contributed by atoms with van der Waals surface area (Å²) in [6.45, 7) is 3.94. The second-order valence-corrected chi connectivity index (χ2v) is 4.26. The molecule has 0 fully saturated rings. The fourth-order valence-electron chi connectivity index (χ4n) is 1.48. The second-order valence-electron chi connectivity index (χ2n) is 3.85. The molecule has 6 heteroatoms. The zero-order valence-electron chi connectivity index (χ0n) is 10.3. The molecule has 3 atom stereocenters. The van der Waals surface area contributed by atoms with Gasteiger partial charge in [0, 0.05) is 26.6 Å². The van der Waals surface area contributed by atoms with Crippen LogP contribution >= 0.6 is 9.39 Å². The molecule has 5 nitrogen and oxygen atoms in total. The molecule has 94 valence electrons. The quantitative estimate of drug-likeness (QED) is 0.546. The highest BCUT2D eigenvalue weighted by Gasteiger charge is 2.23. The SMILES string of the molecule is COC(=O)C(C)CC(CNP)N(C)C(C)=O. The van der Waals surface area contributed by atoms with Gasteiger partial charge in [-0.15, -0.1) is 0 Å². The second kappa shape index (κ2) is 7.58. The van der Waals surface area contributed by atoms with Crippen LogP contribution in [-0.2, 0) is 14.3 Å². The highest BCUT2D eigenvalue weighted by molar-refractivity contribution is 7.13. The van der Waals surface area contributed by atoms with Crippen molar-refractivity contribution in [1.29, 1.82) is 0 Å². The predicted octanol–water partition coefficient (Wildman–Crippen LogP) is 0.412. The Hall–Kier alpha value is -0.670. The minimum atomic E-state index is -0.245. The van der Waals surface area contributed by atoms with E-state index in [1.54, 1.807) is 18.9 Å². The maximum Gasteiger partial charge on any atom is 0.308 e. The van der Waals surface area contributed by atoms with E-state index in [2.05, 4.69) is 19.2 Å². The van der Waals surface area contributed by atoms with Gasteiger partial charge in [0.1, 0.15) is 0 Å². The lowest BCUT2D eigenvalue weighted by Gasteiger charge is -2.28. The number of hydrogen-bond acceptors (Lipinski definition) is 4. The van der Waals surface area contributed by atoms with Gasteiger partial charge in [0.2, 0.25) is 5.91 Å². The van der Waals surface area contributed by atoms with E-state index in [1.807, 2.05) is 0 Å². The topological polar surface area (TPSA) is 58.6 Å². The number of rotatable bonds is 6. The standard InChI is InChI=1S/C10H21N2O3P/c1-7(10(14)15-4)5-9(6-11-16)12(3)8(2)13/h7,9,11H,5-6,16H2,1-4H3. The van der Waals surface area contributed by atoms with Gasteiger partial charge in [0.25, 0.3) is 0 Å². The van der Waals surface area contributed by atoms with Gasteiger partial charge in [0.05, 0.1) is 13.0 Å². The van der Waals surface area contributed by atoms with Crippen LogP contribution in [0.5, 0.6) is 0 Å². The number of esters is 1. The Balaban J connectivity index is 4.43. The first-order valence-corrected chi connectivity index (χ1v) is 5.76. The van der Waals surface area contributed by atoms with Crippen LogP contribution in [0.4, 0.5) is 0 Å². The van der Waals surface area contributed by atoms with Crippen molar-refractivity contribution in [2.24, 2.45) is 5.92 Å². The van der Waals surface area contributed by atoms with Crippen LogP contribution in [0, 0.1) is 5.92 Å². The molecule has 0 aliphatic heterocycles. The maximum absolute atomic E-state index is 11.3. The summed E-state index contributed by atoms with van der Waals surface area (Å²) in [6.07, 6.45) is 0.587. The summed E-state index contributed by atoms with van der Waals surface area (Å²) in [5, 5.41) is 2.94. The van der Waals surface area contributed by atoms with Gasteiger partial charge in [-0.2, -0.15) is 0 Å². The molecule has 16 heavy (non-hydrogen) atoms. The molecule has 1 amide bonds.